The van der Waals surface area contributed by atoms with Crippen LogP contribution in [0.2, 0.25) is 5.02 Å². The highest BCUT2D eigenvalue weighted by Gasteiger charge is 2.17. The topological polar surface area (TPSA) is 47.0 Å². The van der Waals surface area contributed by atoms with E-state index in [-0.39, 0.29) is 6.04 Å². The third kappa shape index (κ3) is 3.34. The predicted octanol–water partition coefficient (Wildman–Crippen LogP) is 3.26. The molecule has 2 heterocycles. The third-order valence-corrected chi connectivity index (χ3v) is 3.99. The standard InChI is InChI=1S/C16H20ClN3O/c1-10-8-20-14(11(2)16(10)21-4)7-15(18-3)12-5-6-19-9-13(12)17/h5-6,8-9,15,18H,7H2,1-4H3. The molecular formula is C16H20ClN3O. The number of rotatable bonds is 5. The van der Waals surface area contributed by atoms with Gasteiger partial charge in [-0.05, 0) is 32.5 Å². The Balaban J connectivity index is 2.34. The van der Waals surface area contributed by atoms with Crippen molar-refractivity contribution in [3.8, 4) is 5.75 Å². The van der Waals surface area contributed by atoms with E-state index in [1.807, 2.05) is 33.2 Å². The van der Waals surface area contributed by atoms with Crippen LogP contribution in [-0.2, 0) is 6.42 Å². The summed E-state index contributed by atoms with van der Waals surface area (Å²) >= 11 is 6.24. The van der Waals surface area contributed by atoms with Crippen LogP contribution in [0.1, 0.15) is 28.4 Å². The molecule has 0 saturated carbocycles. The lowest BCUT2D eigenvalue weighted by Crippen LogP contribution is -2.20. The first-order valence-corrected chi connectivity index (χ1v) is 7.22. The lowest BCUT2D eigenvalue weighted by Gasteiger charge is -2.19. The average Bonchev–Trinajstić information content (AvgIpc) is 2.48. The van der Waals surface area contributed by atoms with Gasteiger partial charge >= 0.3 is 0 Å². The summed E-state index contributed by atoms with van der Waals surface area (Å²) in [7, 11) is 3.61. The van der Waals surface area contributed by atoms with E-state index in [1.165, 1.54) is 0 Å². The zero-order chi connectivity index (χ0) is 15.4. The van der Waals surface area contributed by atoms with E-state index in [9.17, 15) is 0 Å². The molecule has 0 aromatic carbocycles. The number of aryl methyl sites for hydroxylation is 1. The van der Waals surface area contributed by atoms with Crippen molar-refractivity contribution in [1.82, 2.24) is 15.3 Å². The van der Waals surface area contributed by atoms with E-state index < -0.39 is 0 Å². The molecule has 1 atom stereocenters. The van der Waals surface area contributed by atoms with Crippen molar-refractivity contribution in [2.45, 2.75) is 26.3 Å². The van der Waals surface area contributed by atoms with Crippen LogP contribution in [0.3, 0.4) is 0 Å². The summed E-state index contributed by atoms with van der Waals surface area (Å²) in [5, 5.41) is 3.95. The molecule has 0 amide bonds. The molecule has 4 nitrogen and oxygen atoms in total. The van der Waals surface area contributed by atoms with Crippen LogP contribution in [0.15, 0.2) is 24.7 Å². The maximum atomic E-state index is 6.24. The molecule has 0 bridgehead atoms. The van der Waals surface area contributed by atoms with Gasteiger partial charge in [-0.2, -0.15) is 0 Å². The van der Waals surface area contributed by atoms with Crippen molar-refractivity contribution >= 4 is 11.6 Å². The van der Waals surface area contributed by atoms with Gasteiger partial charge in [-0.15, -0.1) is 0 Å². The molecular weight excluding hydrogens is 286 g/mol. The SMILES string of the molecule is CNC(Cc1ncc(C)c(OC)c1C)c1ccncc1Cl. The van der Waals surface area contributed by atoms with Crippen LogP contribution in [0, 0.1) is 13.8 Å². The highest BCUT2D eigenvalue weighted by molar-refractivity contribution is 6.31. The molecule has 1 N–H and O–H groups in total. The van der Waals surface area contributed by atoms with Gasteiger partial charge in [-0.3, -0.25) is 9.97 Å². The Morgan fingerprint density at radius 3 is 2.71 bits per heavy atom. The van der Waals surface area contributed by atoms with Gasteiger partial charge < -0.3 is 10.1 Å². The Labute approximate surface area is 130 Å². The minimum Gasteiger partial charge on any atom is -0.496 e. The van der Waals surface area contributed by atoms with E-state index in [0.29, 0.717) is 5.02 Å². The second-order valence-electron chi connectivity index (χ2n) is 4.99. The number of hydrogen-bond acceptors (Lipinski definition) is 4. The maximum absolute atomic E-state index is 6.24. The van der Waals surface area contributed by atoms with E-state index in [4.69, 9.17) is 16.3 Å². The number of hydrogen-bond donors (Lipinski definition) is 1. The molecule has 112 valence electrons. The number of nitrogens with one attached hydrogen (secondary N) is 1. The maximum Gasteiger partial charge on any atom is 0.128 e. The second kappa shape index (κ2) is 6.87. The molecule has 21 heavy (non-hydrogen) atoms. The fraction of sp³-hybridized carbons (Fsp3) is 0.375. The molecule has 2 rings (SSSR count). The molecule has 0 fully saturated rings. The number of aromatic nitrogens is 2. The van der Waals surface area contributed by atoms with Gasteiger partial charge in [0, 0.05) is 47.9 Å². The Kier molecular flexibility index (Phi) is 5.15. The number of nitrogens with zero attached hydrogens (tertiary/aromatic N) is 2. The van der Waals surface area contributed by atoms with Gasteiger partial charge in [0.2, 0.25) is 0 Å². The normalized spacial score (nSPS) is 12.2. The first kappa shape index (κ1) is 15.7. The van der Waals surface area contributed by atoms with Crippen LogP contribution >= 0.6 is 11.6 Å². The number of pyridine rings is 2. The average molecular weight is 306 g/mol. The van der Waals surface area contributed by atoms with Crippen LogP contribution in [0.5, 0.6) is 5.75 Å². The first-order valence-electron chi connectivity index (χ1n) is 6.84. The van der Waals surface area contributed by atoms with Gasteiger partial charge in [0.05, 0.1) is 12.1 Å². The minimum atomic E-state index is 0.0825. The molecule has 0 radical (unpaired) electrons. The summed E-state index contributed by atoms with van der Waals surface area (Å²) in [6.45, 7) is 4.03. The summed E-state index contributed by atoms with van der Waals surface area (Å²) in [5.74, 6) is 0.899. The zero-order valence-electron chi connectivity index (χ0n) is 12.8. The highest BCUT2D eigenvalue weighted by atomic mass is 35.5. The largest absolute Gasteiger partial charge is 0.496 e. The first-order chi connectivity index (χ1) is 10.1. The van der Waals surface area contributed by atoms with Crippen molar-refractivity contribution in [1.29, 1.82) is 0 Å². The Bertz CT molecular complexity index is 631. The molecule has 0 spiro atoms. The summed E-state index contributed by atoms with van der Waals surface area (Å²) in [5.41, 5.74) is 4.14. The van der Waals surface area contributed by atoms with Crippen molar-refractivity contribution in [3.05, 3.63) is 52.1 Å². The summed E-state index contributed by atoms with van der Waals surface area (Å²) in [6, 6.07) is 2.02. The number of ether oxygens (including phenoxy) is 1. The van der Waals surface area contributed by atoms with Gasteiger partial charge in [0.25, 0.3) is 0 Å². The molecule has 0 aliphatic heterocycles. The van der Waals surface area contributed by atoms with Gasteiger partial charge in [-0.1, -0.05) is 11.6 Å². The van der Waals surface area contributed by atoms with Gasteiger partial charge in [0.1, 0.15) is 5.75 Å². The van der Waals surface area contributed by atoms with E-state index in [0.717, 1.165) is 34.6 Å². The summed E-state index contributed by atoms with van der Waals surface area (Å²) < 4.78 is 5.46. The Morgan fingerprint density at radius 2 is 2.10 bits per heavy atom. The smallest absolute Gasteiger partial charge is 0.128 e. The fourth-order valence-corrected chi connectivity index (χ4v) is 2.76. The molecule has 0 aliphatic carbocycles. The van der Waals surface area contributed by atoms with Crippen LogP contribution in [0.25, 0.3) is 0 Å². The zero-order valence-corrected chi connectivity index (χ0v) is 13.5. The predicted molar refractivity (Wildman–Crippen MR) is 85.0 cm³/mol. The highest BCUT2D eigenvalue weighted by Crippen LogP contribution is 2.29. The molecule has 5 heteroatoms. The van der Waals surface area contributed by atoms with Crippen molar-refractivity contribution in [3.63, 3.8) is 0 Å². The second-order valence-corrected chi connectivity index (χ2v) is 5.40. The van der Waals surface area contributed by atoms with Crippen LogP contribution in [0.4, 0.5) is 0 Å². The third-order valence-electron chi connectivity index (χ3n) is 3.67. The molecule has 0 saturated heterocycles. The van der Waals surface area contributed by atoms with Crippen LogP contribution in [-0.4, -0.2) is 24.1 Å². The fourth-order valence-electron chi connectivity index (χ4n) is 2.51. The Morgan fingerprint density at radius 1 is 1.33 bits per heavy atom. The summed E-state index contributed by atoms with van der Waals surface area (Å²) in [4.78, 5) is 8.58. The quantitative estimate of drug-likeness (QED) is 0.921. The Hall–Kier alpha value is -1.65. The van der Waals surface area contributed by atoms with E-state index in [1.54, 1.807) is 19.5 Å². The minimum absolute atomic E-state index is 0.0825. The van der Waals surface area contributed by atoms with Gasteiger partial charge in [0.15, 0.2) is 0 Å². The summed E-state index contributed by atoms with van der Waals surface area (Å²) in [6.07, 6.45) is 6.00. The van der Waals surface area contributed by atoms with E-state index in [2.05, 4.69) is 15.3 Å². The monoisotopic (exact) mass is 305 g/mol. The van der Waals surface area contributed by atoms with Crippen molar-refractivity contribution < 1.29 is 4.74 Å². The molecule has 1 unspecified atom stereocenters. The lowest BCUT2D eigenvalue weighted by molar-refractivity contribution is 0.406. The number of methoxy groups -OCH3 is 1. The van der Waals surface area contributed by atoms with Crippen molar-refractivity contribution in [2.75, 3.05) is 14.2 Å². The molecule has 0 aliphatic rings. The lowest BCUT2D eigenvalue weighted by atomic mass is 9.99. The molecule has 2 aromatic rings. The number of likely N-dealkylation sites (N-methyl/N-ethyl adjacent to an activating group) is 1. The van der Waals surface area contributed by atoms with E-state index >= 15 is 0 Å². The molecule has 2 aromatic heterocycles. The van der Waals surface area contributed by atoms with Crippen LogP contribution < -0.4 is 10.1 Å². The number of halogens is 1. The van der Waals surface area contributed by atoms with Crippen molar-refractivity contribution in [2.24, 2.45) is 0 Å². The van der Waals surface area contributed by atoms with Gasteiger partial charge in [-0.25, -0.2) is 0 Å².